The minimum atomic E-state index is 0.0209. The number of H-pyrrole nitrogens is 1. The van der Waals surface area contributed by atoms with Crippen LogP contribution in [0.3, 0.4) is 0 Å². The molecule has 0 aromatic carbocycles. The molecule has 0 bridgehead atoms. The van der Waals surface area contributed by atoms with Gasteiger partial charge >= 0.3 is 0 Å². The molecule has 1 saturated heterocycles. The number of halogens is 1. The fourth-order valence-corrected chi connectivity index (χ4v) is 2.21. The summed E-state index contributed by atoms with van der Waals surface area (Å²) in [6, 6.07) is 2.13. The summed E-state index contributed by atoms with van der Waals surface area (Å²) >= 11 is 3.36. The maximum atomic E-state index is 11.6. The van der Waals surface area contributed by atoms with Crippen molar-refractivity contribution in [3.63, 3.8) is 0 Å². The molecule has 3 nitrogen and oxygen atoms in total. The van der Waals surface area contributed by atoms with Crippen LogP contribution in [0.2, 0.25) is 0 Å². The monoisotopic (exact) mass is 256 g/mol. The highest BCUT2D eigenvalue weighted by atomic mass is 79.9. The highest BCUT2D eigenvalue weighted by Gasteiger charge is 2.17. The van der Waals surface area contributed by atoms with E-state index in [-0.39, 0.29) is 11.6 Å². The van der Waals surface area contributed by atoms with E-state index in [9.17, 15) is 4.79 Å². The van der Waals surface area contributed by atoms with Gasteiger partial charge in [-0.15, -0.1) is 0 Å². The molecule has 0 aliphatic carbocycles. The predicted octanol–water partition coefficient (Wildman–Crippen LogP) is 1.95. The van der Waals surface area contributed by atoms with Crippen LogP contribution in [0.15, 0.2) is 21.5 Å². The van der Waals surface area contributed by atoms with Crippen molar-refractivity contribution in [1.82, 2.24) is 10.3 Å². The van der Waals surface area contributed by atoms with Crippen molar-refractivity contribution in [1.29, 1.82) is 0 Å². The third kappa shape index (κ3) is 2.07. The first kappa shape index (κ1) is 9.93. The molecule has 0 unspecified atom stereocenters. The van der Waals surface area contributed by atoms with Crippen molar-refractivity contribution in [3.05, 3.63) is 32.7 Å². The zero-order valence-electron chi connectivity index (χ0n) is 7.85. The van der Waals surface area contributed by atoms with Gasteiger partial charge in [0, 0.05) is 22.3 Å². The summed E-state index contributed by atoms with van der Waals surface area (Å²) < 4.78 is 0.930. The van der Waals surface area contributed by atoms with Crippen molar-refractivity contribution in [2.24, 2.45) is 0 Å². The third-order valence-electron chi connectivity index (χ3n) is 2.58. The molecule has 14 heavy (non-hydrogen) atoms. The van der Waals surface area contributed by atoms with Gasteiger partial charge in [-0.05, 0) is 41.4 Å². The summed E-state index contributed by atoms with van der Waals surface area (Å²) in [5, 5.41) is 3.36. The molecule has 1 aliphatic heterocycles. The van der Waals surface area contributed by atoms with E-state index < -0.39 is 0 Å². The van der Waals surface area contributed by atoms with E-state index >= 15 is 0 Å². The summed E-state index contributed by atoms with van der Waals surface area (Å²) in [7, 11) is 0. The lowest BCUT2D eigenvalue weighted by Gasteiger charge is -2.22. The standard InChI is InChI=1S/C10H13BrN2O/c11-7-5-8(10(14)13-6-7)9-3-1-2-4-12-9/h5-6,9,12H,1-4H2,(H,13,14)/t9-/m0/s1. The molecule has 1 fully saturated rings. The van der Waals surface area contributed by atoms with E-state index in [1.54, 1.807) is 6.20 Å². The first-order valence-electron chi connectivity index (χ1n) is 4.89. The fraction of sp³-hybridized carbons (Fsp3) is 0.500. The average molecular weight is 257 g/mol. The van der Waals surface area contributed by atoms with Crippen molar-refractivity contribution < 1.29 is 0 Å². The van der Waals surface area contributed by atoms with E-state index in [0.29, 0.717) is 0 Å². The largest absolute Gasteiger partial charge is 0.328 e. The van der Waals surface area contributed by atoms with E-state index in [1.807, 2.05) is 6.07 Å². The predicted molar refractivity (Wildman–Crippen MR) is 59.4 cm³/mol. The molecule has 1 atom stereocenters. The van der Waals surface area contributed by atoms with E-state index in [0.717, 1.165) is 23.0 Å². The van der Waals surface area contributed by atoms with Gasteiger partial charge in [0.25, 0.3) is 5.56 Å². The van der Waals surface area contributed by atoms with Crippen LogP contribution in [0.4, 0.5) is 0 Å². The molecule has 0 spiro atoms. The SMILES string of the molecule is O=c1[nH]cc(Br)cc1[C@@H]1CCCCN1. The van der Waals surface area contributed by atoms with Gasteiger partial charge in [0.1, 0.15) is 0 Å². The fourth-order valence-electron chi connectivity index (χ4n) is 1.85. The summed E-state index contributed by atoms with van der Waals surface area (Å²) in [5.41, 5.74) is 0.867. The van der Waals surface area contributed by atoms with E-state index in [1.165, 1.54) is 12.8 Å². The molecular formula is C10H13BrN2O. The highest BCUT2D eigenvalue weighted by Crippen LogP contribution is 2.21. The summed E-state index contributed by atoms with van der Waals surface area (Å²) in [5.74, 6) is 0. The Labute approximate surface area is 91.0 Å². The van der Waals surface area contributed by atoms with Gasteiger partial charge in [0.2, 0.25) is 0 Å². The summed E-state index contributed by atoms with van der Waals surface area (Å²) in [4.78, 5) is 14.3. The van der Waals surface area contributed by atoms with Crippen LogP contribution in [0.5, 0.6) is 0 Å². The molecule has 2 N–H and O–H groups in total. The summed E-state index contributed by atoms with van der Waals surface area (Å²) in [6.07, 6.45) is 5.14. The van der Waals surface area contributed by atoms with E-state index in [2.05, 4.69) is 26.2 Å². The Bertz CT molecular complexity index is 369. The smallest absolute Gasteiger partial charge is 0.252 e. The van der Waals surface area contributed by atoms with Gasteiger partial charge in [-0.3, -0.25) is 4.79 Å². The van der Waals surface area contributed by atoms with Crippen molar-refractivity contribution >= 4 is 15.9 Å². The van der Waals surface area contributed by atoms with Gasteiger partial charge in [0.15, 0.2) is 0 Å². The minimum Gasteiger partial charge on any atom is -0.328 e. The zero-order valence-corrected chi connectivity index (χ0v) is 9.43. The Morgan fingerprint density at radius 3 is 3.00 bits per heavy atom. The number of aromatic amines is 1. The highest BCUT2D eigenvalue weighted by molar-refractivity contribution is 9.10. The van der Waals surface area contributed by atoms with Crippen LogP contribution in [-0.4, -0.2) is 11.5 Å². The number of piperidine rings is 1. The Morgan fingerprint density at radius 1 is 1.43 bits per heavy atom. The number of nitrogens with one attached hydrogen (secondary N) is 2. The van der Waals surface area contributed by atoms with Gasteiger partial charge in [-0.2, -0.15) is 0 Å². The van der Waals surface area contributed by atoms with Crippen LogP contribution >= 0.6 is 15.9 Å². The van der Waals surface area contributed by atoms with Gasteiger partial charge in [-0.1, -0.05) is 6.42 Å². The lowest BCUT2D eigenvalue weighted by Crippen LogP contribution is -2.31. The molecule has 4 heteroatoms. The Kier molecular flexibility index (Phi) is 3.03. The van der Waals surface area contributed by atoms with Crippen LogP contribution in [0, 0.1) is 0 Å². The lowest BCUT2D eigenvalue weighted by molar-refractivity contribution is 0.409. The van der Waals surface area contributed by atoms with Crippen LogP contribution in [0.25, 0.3) is 0 Å². The molecular weight excluding hydrogens is 244 g/mol. The number of hydrogen-bond donors (Lipinski definition) is 2. The molecule has 1 aliphatic rings. The van der Waals surface area contributed by atoms with Gasteiger partial charge in [-0.25, -0.2) is 0 Å². The van der Waals surface area contributed by atoms with Crippen LogP contribution in [-0.2, 0) is 0 Å². The Morgan fingerprint density at radius 2 is 2.29 bits per heavy atom. The molecule has 1 aromatic rings. The average Bonchev–Trinajstić information content (AvgIpc) is 2.23. The Balaban J connectivity index is 2.29. The molecule has 1 aromatic heterocycles. The molecule has 0 radical (unpaired) electrons. The zero-order chi connectivity index (χ0) is 9.97. The summed E-state index contributed by atoms with van der Waals surface area (Å²) in [6.45, 7) is 1.01. The van der Waals surface area contributed by atoms with Crippen LogP contribution < -0.4 is 10.9 Å². The number of rotatable bonds is 1. The van der Waals surface area contributed by atoms with Crippen molar-refractivity contribution in [3.8, 4) is 0 Å². The van der Waals surface area contributed by atoms with Crippen LogP contribution in [0.1, 0.15) is 30.9 Å². The molecule has 2 rings (SSSR count). The Hall–Kier alpha value is -0.610. The number of aromatic nitrogens is 1. The minimum absolute atomic E-state index is 0.0209. The van der Waals surface area contributed by atoms with E-state index in [4.69, 9.17) is 0 Å². The van der Waals surface area contributed by atoms with Crippen molar-refractivity contribution in [2.75, 3.05) is 6.54 Å². The lowest BCUT2D eigenvalue weighted by atomic mass is 9.99. The molecule has 76 valence electrons. The first-order chi connectivity index (χ1) is 6.77. The third-order valence-corrected chi connectivity index (χ3v) is 3.04. The maximum Gasteiger partial charge on any atom is 0.252 e. The second-order valence-corrected chi connectivity index (χ2v) is 4.52. The molecule has 2 heterocycles. The first-order valence-corrected chi connectivity index (χ1v) is 5.68. The normalized spacial score (nSPS) is 22.2. The molecule has 0 saturated carbocycles. The molecule has 0 amide bonds. The topological polar surface area (TPSA) is 44.9 Å². The van der Waals surface area contributed by atoms with Gasteiger partial charge < -0.3 is 10.3 Å². The quantitative estimate of drug-likeness (QED) is 0.807. The van der Waals surface area contributed by atoms with Gasteiger partial charge in [0.05, 0.1) is 0 Å². The maximum absolute atomic E-state index is 11.6. The number of pyridine rings is 1. The van der Waals surface area contributed by atoms with Crippen molar-refractivity contribution in [2.45, 2.75) is 25.3 Å². The number of hydrogen-bond acceptors (Lipinski definition) is 2. The second-order valence-electron chi connectivity index (χ2n) is 3.60. The second kappa shape index (κ2) is 4.28.